The smallest absolute Gasteiger partial charge is 0.163 e. The second-order valence-corrected chi connectivity index (χ2v) is 6.41. The largest absolute Gasteiger partial charge is 0.294 e. The predicted molar refractivity (Wildman–Crippen MR) is 91.4 cm³/mol. The van der Waals surface area contributed by atoms with Crippen molar-refractivity contribution in [1.82, 2.24) is 4.98 Å². The lowest BCUT2D eigenvalue weighted by molar-refractivity contribution is 0.0983. The highest BCUT2D eigenvalue weighted by molar-refractivity contribution is 7.15. The van der Waals surface area contributed by atoms with Crippen LogP contribution in [-0.2, 0) is 6.42 Å². The van der Waals surface area contributed by atoms with Crippen LogP contribution in [0.15, 0.2) is 60.8 Å². The highest BCUT2D eigenvalue weighted by Crippen LogP contribution is 2.25. The maximum absolute atomic E-state index is 12.2. The second kappa shape index (κ2) is 6.67. The Labute approximate surface area is 134 Å². The molecule has 0 aliphatic heterocycles. The number of aromatic nitrogens is 1. The van der Waals surface area contributed by atoms with E-state index in [0.717, 1.165) is 33.0 Å². The molecule has 1 heterocycles. The van der Waals surface area contributed by atoms with E-state index in [4.69, 9.17) is 0 Å². The van der Waals surface area contributed by atoms with Crippen molar-refractivity contribution in [1.29, 1.82) is 0 Å². The van der Waals surface area contributed by atoms with Crippen LogP contribution in [0, 0.1) is 6.92 Å². The molecule has 0 saturated heterocycles. The van der Waals surface area contributed by atoms with Gasteiger partial charge in [-0.2, -0.15) is 0 Å². The third-order valence-corrected chi connectivity index (χ3v) is 4.62. The van der Waals surface area contributed by atoms with Crippen molar-refractivity contribution < 1.29 is 4.79 Å². The van der Waals surface area contributed by atoms with Gasteiger partial charge in [-0.15, -0.1) is 11.3 Å². The summed E-state index contributed by atoms with van der Waals surface area (Å²) in [6, 6.07) is 17.9. The van der Waals surface area contributed by atoms with Crippen LogP contribution in [0.3, 0.4) is 0 Å². The molecule has 1 aromatic heterocycles. The standard InChI is InChI=1S/C19H17NOS/c1-14-6-5-9-16(12-14)18(21)11-10-17-13-20-19(22-17)15-7-3-2-4-8-15/h2-9,12-13H,10-11H2,1H3. The Morgan fingerprint density at radius 3 is 2.68 bits per heavy atom. The van der Waals surface area contributed by atoms with E-state index in [1.807, 2.05) is 55.6 Å². The molecule has 3 heteroatoms. The minimum atomic E-state index is 0.193. The van der Waals surface area contributed by atoms with Crippen LogP contribution < -0.4 is 0 Å². The van der Waals surface area contributed by atoms with Crippen molar-refractivity contribution >= 4 is 17.1 Å². The van der Waals surface area contributed by atoms with E-state index < -0.39 is 0 Å². The van der Waals surface area contributed by atoms with E-state index in [1.165, 1.54) is 0 Å². The summed E-state index contributed by atoms with van der Waals surface area (Å²) >= 11 is 1.66. The van der Waals surface area contributed by atoms with Crippen molar-refractivity contribution in [3.8, 4) is 10.6 Å². The van der Waals surface area contributed by atoms with Crippen LogP contribution in [0.5, 0.6) is 0 Å². The van der Waals surface area contributed by atoms with E-state index in [-0.39, 0.29) is 5.78 Å². The number of carbonyl (C=O) groups is 1. The Morgan fingerprint density at radius 1 is 1.09 bits per heavy atom. The Morgan fingerprint density at radius 2 is 1.91 bits per heavy atom. The summed E-state index contributed by atoms with van der Waals surface area (Å²) in [5, 5.41) is 1.01. The first-order valence-electron chi connectivity index (χ1n) is 7.32. The molecule has 2 aromatic carbocycles. The molecule has 0 N–H and O–H groups in total. The van der Waals surface area contributed by atoms with E-state index in [0.29, 0.717) is 6.42 Å². The van der Waals surface area contributed by atoms with Gasteiger partial charge in [0.25, 0.3) is 0 Å². The molecule has 22 heavy (non-hydrogen) atoms. The molecule has 0 bridgehead atoms. The first-order chi connectivity index (χ1) is 10.7. The molecule has 0 aliphatic rings. The Bertz CT molecular complexity index is 777. The van der Waals surface area contributed by atoms with Crippen molar-refractivity contribution in [2.45, 2.75) is 19.8 Å². The molecule has 3 rings (SSSR count). The van der Waals surface area contributed by atoms with Gasteiger partial charge in [-0.3, -0.25) is 4.79 Å². The normalized spacial score (nSPS) is 10.6. The maximum atomic E-state index is 12.2. The molecular weight excluding hydrogens is 290 g/mol. The van der Waals surface area contributed by atoms with Gasteiger partial charge in [0.15, 0.2) is 5.78 Å². The predicted octanol–water partition coefficient (Wildman–Crippen LogP) is 4.93. The van der Waals surface area contributed by atoms with Gasteiger partial charge >= 0.3 is 0 Å². The Balaban J connectivity index is 1.65. The summed E-state index contributed by atoms with van der Waals surface area (Å²) in [4.78, 5) is 17.8. The fraction of sp³-hybridized carbons (Fsp3) is 0.158. The molecule has 0 aliphatic carbocycles. The highest BCUT2D eigenvalue weighted by atomic mass is 32.1. The van der Waals surface area contributed by atoms with Gasteiger partial charge in [-0.05, 0) is 19.4 Å². The number of ketones is 1. The average molecular weight is 307 g/mol. The molecule has 110 valence electrons. The number of hydrogen-bond acceptors (Lipinski definition) is 3. The topological polar surface area (TPSA) is 30.0 Å². The highest BCUT2D eigenvalue weighted by Gasteiger charge is 2.09. The minimum Gasteiger partial charge on any atom is -0.294 e. The second-order valence-electron chi connectivity index (χ2n) is 5.29. The van der Waals surface area contributed by atoms with E-state index >= 15 is 0 Å². The number of nitrogens with zero attached hydrogens (tertiary/aromatic N) is 1. The number of hydrogen-bond donors (Lipinski definition) is 0. The Hall–Kier alpha value is -2.26. The SMILES string of the molecule is Cc1cccc(C(=O)CCc2cnc(-c3ccccc3)s2)c1. The zero-order valence-corrected chi connectivity index (χ0v) is 13.3. The van der Waals surface area contributed by atoms with Crippen molar-refractivity contribution in [2.75, 3.05) is 0 Å². The van der Waals surface area contributed by atoms with Crippen LogP contribution in [0.4, 0.5) is 0 Å². The molecule has 2 nitrogen and oxygen atoms in total. The third kappa shape index (κ3) is 3.49. The molecule has 0 radical (unpaired) electrons. The fourth-order valence-electron chi connectivity index (χ4n) is 2.34. The van der Waals surface area contributed by atoms with Crippen molar-refractivity contribution in [3.05, 3.63) is 76.8 Å². The molecule has 0 unspecified atom stereocenters. The minimum absolute atomic E-state index is 0.193. The van der Waals surface area contributed by atoms with Crippen molar-refractivity contribution in [3.63, 3.8) is 0 Å². The lowest BCUT2D eigenvalue weighted by Crippen LogP contribution is -2.00. The van der Waals surface area contributed by atoms with Gasteiger partial charge in [-0.1, -0.05) is 54.1 Å². The number of Topliss-reactive ketones (excluding diaryl/α,β-unsaturated/α-hetero) is 1. The van der Waals surface area contributed by atoms with E-state index in [1.54, 1.807) is 11.3 Å². The average Bonchev–Trinajstić information content (AvgIpc) is 3.02. The van der Waals surface area contributed by atoms with Gasteiger partial charge in [0, 0.05) is 28.6 Å². The van der Waals surface area contributed by atoms with Gasteiger partial charge in [0.2, 0.25) is 0 Å². The first kappa shape index (κ1) is 14.7. The molecule has 0 atom stereocenters. The van der Waals surface area contributed by atoms with E-state index in [2.05, 4.69) is 17.1 Å². The number of aryl methyl sites for hydroxylation is 2. The van der Waals surface area contributed by atoms with Crippen LogP contribution in [0.1, 0.15) is 27.2 Å². The number of rotatable bonds is 5. The van der Waals surface area contributed by atoms with Crippen LogP contribution in [-0.4, -0.2) is 10.8 Å². The summed E-state index contributed by atoms with van der Waals surface area (Å²) in [6.45, 7) is 2.01. The molecule has 0 amide bonds. The summed E-state index contributed by atoms with van der Waals surface area (Å²) in [6.07, 6.45) is 3.16. The van der Waals surface area contributed by atoms with Gasteiger partial charge < -0.3 is 0 Å². The number of benzene rings is 2. The van der Waals surface area contributed by atoms with Crippen LogP contribution in [0.25, 0.3) is 10.6 Å². The molecular formula is C19H17NOS. The van der Waals surface area contributed by atoms with Gasteiger partial charge in [0.05, 0.1) is 0 Å². The molecule has 0 fully saturated rings. The molecule has 3 aromatic rings. The first-order valence-corrected chi connectivity index (χ1v) is 8.14. The van der Waals surface area contributed by atoms with Crippen molar-refractivity contribution in [2.24, 2.45) is 0 Å². The quantitative estimate of drug-likeness (QED) is 0.625. The fourth-order valence-corrected chi connectivity index (χ4v) is 3.25. The summed E-state index contributed by atoms with van der Waals surface area (Å²) in [5.41, 5.74) is 3.05. The molecule has 0 saturated carbocycles. The van der Waals surface area contributed by atoms with Gasteiger partial charge in [-0.25, -0.2) is 4.98 Å². The summed E-state index contributed by atoms with van der Waals surface area (Å²) in [5.74, 6) is 0.193. The lowest BCUT2D eigenvalue weighted by atomic mass is 10.0. The zero-order valence-electron chi connectivity index (χ0n) is 12.5. The maximum Gasteiger partial charge on any atom is 0.163 e. The van der Waals surface area contributed by atoms with Crippen LogP contribution >= 0.6 is 11.3 Å². The zero-order chi connectivity index (χ0) is 15.4. The van der Waals surface area contributed by atoms with E-state index in [9.17, 15) is 4.79 Å². The van der Waals surface area contributed by atoms with Gasteiger partial charge in [0.1, 0.15) is 5.01 Å². The monoisotopic (exact) mass is 307 g/mol. The Kier molecular flexibility index (Phi) is 4.45. The third-order valence-electron chi connectivity index (χ3n) is 3.51. The number of carbonyl (C=O) groups excluding carboxylic acids is 1. The summed E-state index contributed by atoms with van der Waals surface area (Å²) in [7, 11) is 0. The van der Waals surface area contributed by atoms with Crippen LogP contribution in [0.2, 0.25) is 0 Å². The lowest BCUT2D eigenvalue weighted by Gasteiger charge is -2.01. The molecule has 0 spiro atoms. The number of thiazole rings is 1. The summed E-state index contributed by atoms with van der Waals surface area (Å²) < 4.78 is 0.